The van der Waals surface area contributed by atoms with E-state index in [2.05, 4.69) is 11.1 Å². The summed E-state index contributed by atoms with van der Waals surface area (Å²) >= 11 is 0. The van der Waals surface area contributed by atoms with Gasteiger partial charge in [0.2, 0.25) is 0 Å². The summed E-state index contributed by atoms with van der Waals surface area (Å²) in [5.74, 6) is -0.0169. The zero-order valence-corrected chi connectivity index (χ0v) is 11.5. The van der Waals surface area contributed by atoms with Gasteiger partial charge in [-0.2, -0.15) is 0 Å². The van der Waals surface area contributed by atoms with E-state index in [4.69, 9.17) is 0 Å². The minimum absolute atomic E-state index is 0.0169. The summed E-state index contributed by atoms with van der Waals surface area (Å²) in [5.41, 5.74) is 2.77. The molecule has 0 bridgehead atoms. The average Bonchev–Trinajstić information content (AvgIpc) is 2.98. The summed E-state index contributed by atoms with van der Waals surface area (Å²) < 4.78 is 0. The number of carbonyl (C=O) groups excluding carboxylic acids is 1. The minimum atomic E-state index is -0.0169. The molecule has 0 unspecified atom stereocenters. The third-order valence-electron chi connectivity index (χ3n) is 4.01. The smallest absolute Gasteiger partial charge is 0.277 e. The Morgan fingerprint density at radius 3 is 2.76 bits per heavy atom. The molecule has 1 amide bonds. The Bertz CT molecular complexity index is 836. The fourth-order valence-corrected chi connectivity index (χ4v) is 2.97. The van der Waals surface area contributed by atoms with Crippen LogP contribution in [0.15, 0.2) is 60.8 Å². The van der Waals surface area contributed by atoms with Gasteiger partial charge >= 0.3 is 0 Å². The second-order valence-electron chi connectivity index (χ2n) is 5.22. The molecule has 1 aliphatic heterocycles. The molecule has 0 fully saturated rings. The van der Waals surface area contributed by atoms with Crippen molar-refractivity contribution >= 4 is 22.4 Å². The predicted octanol–water partition coefficient (Wildman–Crippen LogP) is 3.44. The fraction of sp³-hybridized carbons (Fsp3) is 0.111. The first kappa shape index (κ1) is 12.1. The Morgan fingerprint density at radius 2 is 1.81 bits per heavy atom. The number of para-hydroxylation sites is 1. The van der Waals surface area contributed by atoms with Gasteiger partial charge in [-0.15, -0.1) is 0 Å². The van der Waals surface area contributed by atoms with Gasteiger partial charge in [-0.3, -0.25) is 9.78 Å². The van der Waals surface area contributed by atoms with E-state index >= 15 is 0 Å². The van der Waals surface area contributed by atoms with Crippen molar-refractivity contribution < 1.29 is 4.79 Å². The van der Waals surface area contributed by atoms with Gasteiger partial charge in [0.05, 0.1) is 0 Å². The molecule has 2 aromatic carbocycles. The quantitative estimate of drug-likeness (QED) is 0.681. The Labute approximate surface area is 122 Å². The molecule has 21 heavy (non-hydrogen) atoms. The van der Waals surface area contributed by atoms with Crippen LogP contribution in [0, 0.1) is 0 Å². The largest absolute Gasteiger partial charge is 0.306 e. The van der Waals surface area contributed by atoms with Crippen molar-refractivity contribution in [3.63, 3.8) is 0 Å². The van der Waals surface area contributed by atoms with Gasteiger partial charge in [-0.1, -0.05) is 42.5 Å². The van der Waals surface area contributed by atoms with Crippen LogP contribution in [0.3, 0.4) is 0 Å². The molecule has 0 saturated heterocycles. The van der Waals surface area contributed by atoms with Crippen molar-refractivity contribution in [2.45, 2.75) is 6.42 Å². The van der Waals surface area contributed by atoms with E-state index in [1.165, 1.54) is 5.56 Å². The van der Waals surface area contributed by atoms with Gasteiger partial charge in [0.1, 0.15) is 5.69 Å². The number of hydrogen-bond acceptors (Lipinski definition) is 2. The summed E-state index contributed by atoms with van der Waals surface area (Å²) in [6.45, 7) is 0.725. The number of fused-ring (bicyclic) bond motifs is 2. The number of pyridine rings is 1. The fourth-order valence-electron chi connectivity index (χ4n) is 2.97. The molecule has 1 aliphatic rings. The summed E-state index contributed by atoms with van der Waals surface area (Å²) in [6.07, 6.45) is 2.62. The molecule has 2 heterocycles. The lowest BCUT2D eigenvalue weighted by molar-refractivity contribution is 0.0986. The van der Waals surface area contributed by atoms with Crippen LogP contribution in [0.4, 0.5) is 5.69 Å². The minimum Gasteiger partial charge on any atom is -0.306 e. The van der Waals surface area contributed by atoms with Gasteiger partial charge in [-0.05, 0) is 29.5 Å². The SMILES string of the molecule is O=C(c1nccc2ccccc12)N1CCc2ccccc21. The van der Waals surface area contributed by atoms with E-state index in [9.17, 15) is 4.79 Å². The van der Waals surface area contributed by atoms with Crippen LogP contribution >= 0.6 is 0 Å². The van der Waals surface area contributed by atoms with Crippen LogP contribution in [0.5, 0.6) is 0 Å². The second-order valence-corrected chi connectivity index (χ2v) is 5.22. The van der Waals surface area contributed by atoms with Gasteiger partial charge in [-0.25, -0.2) is 0 Å². The van der Waals surface area contributed by atoms with E-state index in [-0.39, 0.29) is 5.91 Å². The maximum atomic E-state index is 12.9. The molecular formula is C18H14N2O. The van der Waals surface area contributed by atoms with Crippen molar-refractivity contribution in [3.05, 3.63) is 72.1 Å². The molecule has 4 rings (SSSR count). The highest BCUT2D eigenvalue weighted by Gasteiger charge is 2.26. The maximum Gasteiger partial charge on any atom is 0.277 e. The number of benzene rings is 2. The van der Waals surface area contributed by atoms with E-state index in [0.29, 0.717) is 5.69 Å². The summed E-state index contributed by atoms with van der Waals surface area (Å²) in [6, 6.07) is 17.9. The van der Waals surface area contributed by atoms with Crippen LogP contribution in [-0.4, -0.2) is 17.4 Å². The van der Waals surface area contributed by atoms with Crippen LogP contribution in [0.1, 0.15) is 16.1 Å². The molecule has 3 heteroatoms. The van der Waals surface area contributed by atoms with E-state index in [0.717, 1.165) is 29.4 Å². The standard InChI is InChI=1S/C18H14N2O/c21-18(20-12-10-14-6-2-4-8-16(14)20)17-15-7-3-1-5-13(15)9-11-19-17/h1-9,11H,10,12H2. The number of aromatic nitrogens is 1. The zero-order chi connectivity index (χ0) is 14.2. The number of amides is 1. The highest BCUT2D eigenvalue weighted by Crippen LogP contribution is 2.29. The lowest BCUT2D eigenvalue weighted by atomic mass is 10.1. The molecule has 1 aromatic heterocycles. The second kappa shape index (κ2) is 4.70. The first-order valence-corrected chi connectivity index (χ1v) is 7.08. The van der Waals surface area contributed by atoms with E-state index in [1.54, 1.807) is 6.20 Å². The van der Waals surface area contributed by atoms with Crippen molar-refractivity contribution in [2.75, 3.05) is 11.4 Å². The lowest BCUT2D eigenvalue weighted by Gasteiger charge is -2.17. The first-order chi connectivity index (χ1) is 10.3. The van der Waals surface area contributed by atoms with E-state index < -0.39 is 0 Å². The van der Waals surface area contributed by atoms with Crippen molar-refractivity contribution in [1.29, 1.82) is 0 Å². The van der Waals surface area contributed by atoms with Crippen molar-refractivity contribution in [2.24, 2.45) is 0 Å². The first-order valence-electron chi connectivity index (χ1n) is 7.08. The van der Waals surface area contributed by atoms with Crippen LogP contribution in [-0.2, 0) is 6.42 Å². The lowest BCUT2D eigenvalue weighted by Crippen LogP contribution is -2.29. The average molecular weight is 274 g/mol. The number of anilines is 1. The van der Waals surface area contributed by atoms with Crippen molar-refractivity contribution in [3.8, 4) is 0 Å². The van der Waals surface area contributed by atoms with Crippen LogP contribution in [0.25, 0.3) is 10.8 Å². The normalized spacial score (nSPS) is 13.4. The number of nitrogens with zero attached hydrogens (tertiary/aromatic N) is 2. The third-order valence-corrected chi connectivity index (χ3v) is 4.01. The zero-order valence-electron chi connectivity index (χ0n) is 11.5. The monoisotopic (exact) mass is 274 g/mol. The molecule has 102 valence electrons. The summed E-state index contributed by atoms with van der Waals surface area (Å²) in [7, 11) is 0. The summed E-state index contributed by atoms with van der Waals surface area (Å²) in [5, 5.41) is 1.96. The molecular weight excluding hydrogens is 260 g/mol. The van der Waals surface area contributed by atoms with Gasteiger partial charge in [0.25, 0.3) is 5.91 Å². The molecule has 0 aliphatic carbocycles. The molecule has 0 atom stereocenters. The molecule has 3 nitrogen and oxygen atoms in total. The molecule has 3 aromatic rings. The van der Waals surface area contributed by atoms with E-state index in [1.807, 2.05) is 53.4 Å². The number of carbonyl (C=O) groups is 1. The Hall–Kier alpha value is -2.68. The molecule has 0 N–H and O–H groups in total. The Morgan fingerprint density at radius 1 is 1.00 bits per heavy atom. The van der Waals surface area contributed by atoms with Gasteiger partial charge < -0.3 is 4.90 Å². The van der Waals surface area contributed by atoms with Crippen LogP contribution in [0.2, 0.25) is 0 Å². The Kier molecular flexibility index (Phi) is 2.71. The predicted molar refractivity (Wildman–Crippen MR) is 83.6 cm³/mol. The Balaban J connectivity index is 1.82. The van der Waals surface area contributed by atoms with Gasteiger partial charge in [0, 0.05) is 23.8 Å². The molecule has 0 spiro atoms. The highest BCUT2D eigenvalue weighted by atomic mass is 16.2. The molecule has 0 saturated carbocycles. The molecule has 0 radical (unpaired) electrons. The van der Waals surface area contributed by atoms with Gasteiger partial charge in [0.15, 0.2) is 0 Å². The van der Waals surface area contributed by atoms with Crippen molar-refractivity contribution in [1.82, 2.24) is 4.98 Å². The summed E-state index contributed by atoms with van der Waals surface area (Å²) in [4.78, 5) is 19.1. The van der Waals surface area contributed by atoms with Crippen LogP contribution < -0.4 is 4.90 Å². The third kappa shape index (κ3) is 1.89. The maximum absolute atomic E-state index is 12.9. The topological polar surface area (TPSA) is 33.2 Å². The highest BCUT2D eigenvalue weighted by molar-refractivity contribution is 6.13. The number of rotatable bonds is 1. The number of hydrogen-bond donors (Lipinski definition) is 0.